The number of halogens is 4. The van der Waals surface area contributed by atoms with Crippen LogP contribution in [0.3, 0.4) is 0 Å². The minimum atomic E-state index is -4.72. The number of rotatable bonds is 7. The van der Waals surface area contributed by atoms with Crippen molar-refractivity contribution < 1.29 is 31.2 Å². The molecule has 12 heteroatoms. The smallest absolute Gasteiger partial charge is 0.350 e. The van der Waals surface area contributed by atoms with E-state index in [4.69, 9.17) is 11.6 Å². The molecule has 7 nitrogen and oxygen atoms in total. The van der Waals surface area contributed by atoms with Crippen LogP contribution >= 0.6 is 11.6 Å². The Morgan fingerprint density at radius 3 is 2.55 bits per heavy atom. The van der Waals surface area contributed by atoms with E-state index in [2.05, 4.69) is 5.32 Å². The summed E-state index contributed by atoms with van der Waals surface area (Å²) in [4.78, 5) is 26.1. The minimum Gasteiger partial charge on any atom is -0.350 e. The first-order valence-corrected chi connectivity index (χ1v) is 12.1. The molecule has 2 aromatic rings. The third-order valence-electron chi connectivity index (χ3n) is 5.02. The molecule has 3 rings (SSSR count). The third-order valence-corrected chi connectivity index (χ3v) is 6.46. The maximum Gasteiger partial charge on any atom is 0.416 e. The summed E-state index contributed by atoms with van der Waals surface area (Å²) in [5.41, 5.74) is -0.177. The molecule has 1 N–H and O–H groups in total. The van der Waals surface area contributed by atoms with Gasteiger partial charge >= 0.3 is 6.18 Å². The normalized spacial score (nSPS) is 14.5. The Kier molecular flexibility index (Phi) is 7.23. The van der Waals surface area contributed by atoms with Crippen LogP contribution in [0.25, 0.3) is 0 Å². The molecule has 0 aromatic heterocycles. The highest BCUT2D eigenvalue weighted by Gasteiger charge is 2.33. The summed E-state index contributed by atoms with van der Waals surface area (Å²) in [6.07, 6.45) is -2.71. The number of hydrogen-bond acceptors (Lipinski definition) is 4. The Balaban J connectivity index is 1.74. The molecule has 0 spiro atoms. The van der Waals surface area contributed by atoms with E-state index in [-0.39, 0.29) is 17.5 Å². The molecule has 0 unspecified atom stereocenters. The molecule has 0 bridgehead atoms. The molecular weight excluding hydrogens is 483 g/mol. The topological polar surface area (TPSA) is 86.8 Å². The fourth-order valence-corrected chi connectivity index (χ4v) is 4.53. The number of amides is 2. The van der Waals surface area contributed by atoms with Crippen molar-refractivity contribution >= 4 is 44.8 Å². The number of carbonyl (C=O) groups is 2. The van der Waals surface area contributed by atoms with E-state index >= 15 is 0 Å². The Morgan fingerprint density at radius 1 is 1.21 bits per heavy atom. The zero-order chi connectivity index (χ0) is 24.4. The number of benzene rings is 2. The zero-order valence-electron chi connectivity index (χ0n) is 17.5. The van der Waals surface area contributed by atoms with Crippen LogP contribution in [-0.4, -0.2) is 39.6 Å². The van der Waals surface area contributed by atoms with Crippen LogP contribution in [-0.2, 0) is 32.3 Å². The van der Waals surface area contributed by atoms with Gasteiger partial charge in [-0.25, -0.2) is 8.42 Å². The monoisotopic (exact) mass is 503 g/mol. The third kappa shape index (κ3) is 6.17. The zero-order valence-corrected chi connectivity index (χ0v) is 19.1. The molecule has 1 saturated heterocycles. The first-order chi connectivity index (χ1) is 15.4. The van der Waals surface area contributed by atoms with E-state index in [1.54, 1.807) is 29.2 Å². The quantitative estimate of drug-likeness (QED) is 0.626. The molecule has 0 saturated carbocycles. The summed E-state index contributed by atoms with van der Waals surface area (Å²) in [5.74, 6) is -0.727. The van der Waals surface area contributed by atoms with Crippen molar-refractivity contribution in [3.05, 3.63) is 58.6 Å². The molecule has 1 heterocycles. The second-order valence-electron chi connectivity index (χ2n) is 7.53. The maximum atomic E-state index is 13.1. The van der Waals surface area contributed by atoms with Crippen LogP contribution in [0.5, 0.6) is 0 Å². The van der Waals surface area contributed by atoms with E-state index in [0.29, 0.717) is 34.6 Å². The Bertz CT molecular complexity index is 1170. The number of hydrogen-bond donors (Lipinski definition) is 1. The first-order valence-electron chi connectivity index (χ1n) is 9.87. The second kappa shape index (κ2) is 9.60. The lowest BCUT2D eigenvalue weighted by molar-refractivity contribution is -0.137. The lowest BCUT2D eigenvalue weighted by atomic mass is 10.2. The van der Waals surface area contributed by atoms with Crippen LogP contribution in [0.4, 0.5) is 24.5 Å². The predicted octanol–water partition coefficient (Wildman–Crippen LogP) is 3.57. The van der Waals surface area contributed by atoms with Gasteiger partial charge < -0.3 is 10.2 Å². The van der Waals surface area contributed by atoms with Gasteiger partial charge in [-0.3, -0.25) is 13.9 Å². The fraction of sp³-hybridized carbons (Fsp3) is 0.333. The molecule has 2 aromatic carbocycles. The predicted molar refractivity (Wildman–Crippen MR) is 119 cm³/mol. The largest absolute Gasteiger partial charge is 0.416 e. The fourth-order valence-electron chi connectivity index (χ4n) is 3.40. The second-order valence-corrected chi connectivity index (χ2v) is 9.84. The van der Waals surface area contributed by atoms with Gasteiger partial charge in [0.2, 0.25) is 21.8 Å². The number of carbonyl (C=O) groups excluding carboxylic acids is 2. The number of anilines is 2. The molecule has 1 aliphatic heterocycles. The Morgan fingerprint density at radius 2 is 1.94 bits per heavy atom. The average molecular weight is 504 g/mol. The van der Waals surface area contributed by atoms with Gasteiger partial charge in [-0.2, -0.15) is 13.2 Å². The van der Waals surface area contributed by atoms with Crippen molar-refractivity contribution in [3.63, 3.8) is 0 Å². The van der Waals surface area contributed by atoms with E-state index < -0.39 is 39.9 Å². The van der Waals surface area contributed by atoms with Crippen LogP contribution in [0, 0.1) is 0 Å². The number of nitrogens with one attached hydrogen (secondary N) is 1. The minimum absolute atomic E-state index is 0.0120. The number of alkyl halides is 3. The van der Waals surface area contributed by atoms with Crippen molar-refractivity contribution in [2.24, 2.45) is 0 Å². The van der Waals surface area contributed by atoms with E-state index in [0.717, 1.165) is 24.8 Å². The number of sulfonamides is 1. The summed E-state index contributed by atoms with van der Waals surface area (Å²) in [6, 6.07) is 9.21. The van der Waals surface area contributed by atoms with Gasteiger partial charge in [-0.05, 0) is 42.3 Å². The van der Waals surface area contributed by atoms with Gasteiger partial charge in [0.25, 0.3) is 0 Å². The van der Waals surface area contributed by atoms with Crippen molar-refractivity contribution in [1.82, 2.24) is 5.32 Å². The van der Waals surface area contributed by atoms with Crippen LogP contribution in [0.1, 0.15) is 24.0 Å². The molecule has 178 valence electrons. The molecule has 0 aliphatic carbocycles. The summed E-state index contributed by atoms with van der Waals surface area (Å²) < 4.78 is 64.3. The van der Waals surface area contributed by atoms with Crippen LogP contribution < -0.4 is 14.5 Å². The Hall–Kier alpha value is -2.79. The average Bonchev–Trinajstić information content (AvgIpc) is 3.15. The lowest BCUT2D eigenvalue weighted by Crippen LogP contribution is -2.40. The maximum absolute atomic E-state index is 13.1. The van der Waals surface area contributed by atoms with Gasteiger partial charge in [-0.1, -0.05) is 23.7 Å². The van der Waals surface area contributed by atoms with E-state index in [1.807, 2.05) is 0 Å². The summed E-state index contributed by atoms with van der Waals surface area (Å²) >= 11 is 5.96. The molecule has 33 heavy (non-hydrogen) atoms. The molecule has 0 atom stereocenters. The molecule has 1 aliphatic rings. The first kappa shape index (κ1) is 24.8. The van der Waals surface area contributed by atoms with E-state index in [9.17, 15) is 31.2 Å². The number of nitrogens with zero attached hydrogens (tertiary/aromatic N) is 2. The van der Waals surface area contributed by atoms with Gasteiger partial charge in [-0.15, -0.1) is 0 Å². The van der Waals surface area contributed by atoms with Crippen molar-refractivity contribution in [3.8, 4) is 0 Å². The SMILES string of the molecule is CS(=O)(=O)N(CC(=O)NCc1cccc(N2CCCC2=O)c1)c1cc(C(F)(F)F)ccc1Cl. The molecule has 1 fully saturated rings. The molecule has 2 amide bonds. The van der Waals surface area contributed by atoms with Crippen molar-refractivity contribution in [2.45, 2.75) is 25.6 Å². The summed E-state index contributed by atoms with van der Waals surface area (Å²) in [7, 11) is -4.13. The lowest BCUT2D eigenvalue weighted by Gasteiger charge is -2.24. The molecule has 0 radical (unpaired) electrons. The van der Waals surface area contributed by atoms with Gasteiger partial charge in [0.05, 0.1) is 22.5 Å². The summed E-state index contributed by atoms with van der Waals surface area (Å²) in [5, 5.41) is 2.30. The van der Waals surface area contributed by atoms with Gasteiger partial charge in [0.15, 0.2) is 0 Å². The van der Waals surface area contributed by atoms with Crippen molar-refractivity contribution in [1.29, 1.82) is 0 Å². The Labute approximate surface area is 194 Å². The highest BCUT2D eigenvalue weighted by atomic mass is 35.5. The molecular formula is C21H21ClF3N3O4S. The summed E-state index contributed by atoms with van der Waals surface area (Å²) in [6.45, 7) is -0.123. The highest BCUT2D eigenvalue weighted by molar-refractivity contribution is 7.92. The van der Waals surface area contributed by atoms with Gasteiger partial charge in [0.1, 0.15) is 6.54 Å². The van der Waals surface area contributed by atoms with E-state index in [1.165, 1.54) is 0 Å². The van der Waals surface area contributed by atoms with Crippen LogP contribution in [0.2, 0.25) is 5.02 Å². The highest BCUT2D eigenvalue weighted by Crippen LogP contribution is 2.36. The van der Waals surface area contributed by atoms with Gasteiger partial charge in [0, 0.05) is 25.2 Å². The van der Waals surface area contributed by atoms with Crippen molar-refractivity contribution in [2.75, 3.05) is 28.6 Å². The van der Waals surface area contributed by atoms with Crippen LogP contribution in [0.15, 0.2) is 42.5 Å². The standard InChI is InChI=1S/C21H21ClF3N3O4S/c1-33(31,32)28(18-11-15(21(23,24)25)7-8-17(18)22)13-19(29)26-12-14-4-2-5-16(10-14)27-9-3-6-20(27)30/h2,4-5,7-8,10-11H,3,6,9,12-13H2,1H3,(H,26,29).